The van der Waals surface area contributed by atoms with Crippen LogP contribution in [0.5, 0.6) is 11.5 Å². The van der Waals surface area contributed by atoms with Crippen LogP contribution in [0.4, 0.5) is 5.69 Å². The summed E-state index contributed by atoms with van der Waals surface area (Å²) in [5.74, 6) is 2.65. The van der Waals surface area contributed by atoms with Gasteiger partial charge < -0.3 is 24.7 Å². The van der Waals surface area contributed by atoms with Crippen LogP contribution in [0.1, 0.15) is 52.7 Å². The second-order valence-corrected chi connectivity index (χ2v) is 8.23. The van der Waals surface area contributed by atoms with Gasteiger partial charge in [-0.1, -0.05) is 24.3 Å². The van der Waals surface area contributed by atoms with Gasteiger partial charge in [0.2, 0.25) is 6.79 Å². The molecule has 2 saturated carbocycles. The quantitative estimate of drug-likeness (QED) is 0.889. The van der Waals surface area contributed by atoms with E-state index >= 15 is 0 Å². The lowest BCUT2D eigenvalue weighted by atomic mass is 9.67. The standard InChI is InChI=1S/C22H21NO4/c24-22(25)15-3-1-2-14-18-11-4-5-12(8-11)19(18)20(23-21(14)15)13-6-7-16-17(9-13)27-10-26-16/h1-3,6-7,9,11-12,18-20,23H,4-5,8,10H2,(H,24,25)/p-1/t11-,12+,18+,19-,20+/m0/s1. The SMILES string of the molecule is O=C([O-])c1cccc2c1N[C@H](c1ccc3c(c1)OCO3)[C@H]1[C@@H]3CC[C@@H](C3)[C@H]21. The van der Waals surface area contributed by atoms with Crippen molar-refractivity contribution in [1.82, 2.24) is 0 Å². The summed E-state index contributed by atoms with van der Waals surface area (Å²) in [5, 5.41) is 15.3. The van der Waals surface area contributed by atoms with E-state index in [0.717, 1.165) is 28.3 Å². The molecule has 5 heteroatoms. The fourth-order valence-electron chi connectivity index (χ4n) is 6.12. The van der Waals surface area contributed by atoms with Gasteiger partial charge in [0.05, 0.1) is 12.0 Å². The highest BCUT2D eigenvalue weighted by atomic mass is 16.7. The number of benzene rings is 2. The molecule has 4 aliphatic rings. The fraction of sp³-hybridized carbons (Fsp3) is 0.409. The van der Waals surface area contributed by atoms with Crippen molar-refractivity contribution in [2.45, 2.75) is 31.2 Å². The van der Waals surface area contributed by atoms with Crippen LogP contribution in [0, 0.1) is 17.8 Å². The first-order chi connectivity index (χ1) is 13.2. The summed E-state index contributed by atoms with van der Waals surface area (Å²) in [4.78, 5) is 11.7. The third-order valence-electron chi connectivity index (χ3n) is 7.10. The van der Waals surface area contributed by atoms with Crippen molar-refractivity contribution >= 4 is 11.7 Å². The van der Waals surface area contributed by atoms with Gasteiger partial charge in [-0.05, 0) is 66.2 Å². The van der Waals surface area contributed by atoms with E-state index in [4.69, 9.17) is 9.47 Å². The van der Waals surface area contributed by atoms with Crippen LogP contribution >= 0.6 is 0 Å². The maximum absolute atomic E-state index is 11.7. The molecule has 2 aromatic carbocycles. The Morgan fingerprint density at radius 2 is 1.93 bits per heavy atom. The molecule has 2 aliphatic heterocycles. The zero-order valence-electron chi connectivity index (χ0n) is 14.8. The molecule has 0 saturated heterocycles. The maximum atomic E-state index is 11.7. The van der Waals surface area contributed by atoms with E-state index in [1.807, 2.05) is 12.1 Å². The third kappa shape index (κ3) is 2.08. The van der Waals surface area contributed by atoms with Gasteiger partial charge in [0.1, 0.15) is 0 Å². The van der Waals surface area contributed by atoms with Crippen molar-refractivity contribution in [2.24, 2.45) is 17.8 Å². The molecule has 6 rings (SSSR count). The van der Waals surface area contributed by atoms with Gasteiger partial charge >= 0.3 is 0 Å². The summed E-state index contributed by atoms with van der Waals surface area (Å²) >= 11 is 0. The summed E-state index contributed by atoms with van der Waals surface area (Å²) in [5.41, 5.74) is 3.31. The number of carboxylic acid groups (broad SMARTS) is 1. The molecule has 5 atom stereocenters. The highest BCUT2D eigenvalue weighted by Gasteiger charge is 2.54. The van der Waals surface area contributed by atoms with Crippen LogP contribution in [0.25, 0.3) is 0 Å². The molecule has 2 fully saturated rings. The Morgan fingerprint density at radius 1 is 1.07 bits per heavy atom. The Labute approximate surface area is 157 Å². The van der Waals surface area contributed by atoms with Gasteiger partial charge in [-0.25, -0.2) is 0 Å². The van der Waals surface area contributed by atoms with Crippen molar-refractivity contribution < 1.29 is 19.4 Å². The Balaban J connectivity index is 1.51. The number of fused-ring (bicyclic) bond motifs is 8. The molecule has 138 valence electrons. The predicted octanol–water partition coefficient (Wildman–Crippen LogP) is 3.08. The summed E-state index contributed by atoms with van der Waals surface area (Å²) in [6.45, 7) is 0.255. The monoisotopic (exact) mass is 362 g/mol. The smallest absolute Gasteiger partial charge is 0.231 e. The minimum Gasteiger partial charge on any atom is -0.545 e. The number of carbonyl (C=O) groups excluding carboxylic acids is 1. The Morgan fingerprint density at radius 3 is 2.81 bits per heavy atom. The van der Waals surface area contributed by atoms with E-state index in [9.17, 15) is 9.90 Å². The van der Waals surface area contributed by atoms with E-state index in [1.165, 1.54) is 19.3 Å². The second kappa shape index (κ2) is 5.41. The maximum Gasteiger partial charge on any atom is 0.231 e. The molecule has 0 spiro atoms. The van der Waals surface area contributed by atoms with E-state index in [-0.39, 0.29) is 18.4 Å². The van der Waals surface area contributed by atoms with Crippen molar-refractivity contribution in [1.29, 1.82) is 0 Å². The van der Waals surface area contributed by atoms with Gasteiger partial charge in [0.25, 0.3) is 0 Å². The van der Waals surface area contributed by atoms with Crippen LogP contribution in [0.3, 0.4) is 0 Å². The molecule has 0 radical (unpaired) electrons. The first-order valence-electron chi connectivity index (χ1n) is 9.71. The normalized spacial score (nSPS) is 31.9. The molecule has 1 N–H and O–H groups in total. The molecule has 0 amide bonds. The number of hydrogen-bond donors (Lipinski definition) is 1. The number of nitrogens with one attached hydrogen (secondary N) is 1. The zero-order chi connectivity index (χ0) is 18.1. The minimum absolute atomic E-state index is 0.0767. The molecule has 0 unspecified atom stereocenters. The minimum atomic E-state index is -1.12. The van der Waals surface area contributed by atoms with Crippen LogP contribution in [-0.4, -0.2) is 12.8 Å². The van der Waals surface area contributed by atoms with Crippen molar-refractivity contribution in [3.63, 3.8) is 0 Å². The lowest BCUT2D eigenvalue weighted by Gasteiger charge is -2.44. The lowest BCUT2D eigenvalue weighted by Crippen LogP contribution is -2.37. The molecule has 0 aromatic heterocycles. The van der Waals surface area contributed by atoms with Crippen LogP contribution in [-0.2, 0) is 0 Å². The summed E-state index contributed by atoms with van der Waals surface area (Å²) in [7, 11) is 0. The van der Waals surface area contributed by atoms with E-state index in [1.54, 1.807) is 6.07 Å². The summed E-state index contributed by atoms with van der Waals surface area (Å²) in [6, 6.07) is 11.8. The summed E-state index contributed by atoms with van der Waals surface area (Å²) < 4.78 is 11.0. The Kier molecular flexibility index (Phi) is 3.08. The van der Waals surface area contributed by atoms with Gasteiger partial charge in [0.15, 0.2) is 11.5 Å². The number of carboxylic acids is 1. The molecular weight excluding hydrogens is 342 g/mol. The average Bonchev–Trinajstić information content (AvgIpc) is 3.42. The average molecular weight is 362 g/mol. The number of hydrogen-bond acceptors (Lipinski definition) is 5. The second-order valence-electron chi connectivity index (χ2n) is 8.23. The van der Waals surface area contributed by atoms with Crippen molar-refractivity contribution in [3.05, 3.63) is 53.1 Å². The van der Waals surface area contributed by atoms with Crippen molar-refractivity contribution in [3.8, 4) is 11.5 Å². The molecule has 5 nitrogen and oxygen atoms in total. The third-order valence-corrected chi connectivity index (χ3v) is 7.10. The number of carbonyl (C=O) groups is 1. The lowest BCUT2D eigenvalue weighted by molar-refractivity contribution is -0.254. The van der Waals surface area contributed by atoms with Gasteiger partial charge in [-0.2, -0.15) is 0 Å². The number of rotatable bonds is 2. The number of ether oxygens (including phenoxy) is 2. The largest absolute Gasteiger partial charge is 0.545 e. The molecule has 2 heterocycles. The first-order valence-corrected chi connectivity index (χ1v) is 9.71. The van der Waals surface area contributed by atoms with Gasteiger partial charge in [0, 0.05) is 11.3 Å². The summed E-state index contributed by atoms with van der Waals surface area (Å²) in [6.07, 6.45) is 3.76. The van der Waals surface area contributed by atoms with Gasteiger partial charge in [-0.15, -0.1) is 0 Å². The fourth-order valence-corrected chi connectivity index (χ4v) is 6.12. The molecule has 2 bridgehead atoms. The molecular formula is C22H20NO4-. The van der Waals surface area contributed by atoms with E-state index < -0.39 is 5.97 Å². The van der Waals surface area contributed by atoms with Gasteiger partial charge in [-0.3, -0.25) is 0 Å². The zero-order valence-corrected chi connectivity index (χ0v) is 14.8. The van der Waals surface area contributed by atoms with Crippen molar-refractivity contribution in [2.75, 3.05) is 12.1 Å². The molecule has 2 aliphatic carbocycles. The number of anilines is 1. The number of para-hydroxylation sites is 1. The number of aromatic carboxylic acids is 1. The first kappa shape index (κ1) is 15.4. The van der Waals surface area contributed by atoms with E-state index in [2.05, 4.69) is 23.5 Å². The topological polar surface area (TPSA) is 70.6 Å². The predicted molar refractivity (Wildman–Crippen MR) is 96.8 cm³/mol. The van der Waals surface area contributed by atoms with E-state index in [0.29, 0.717) is 23.7 Å². The van der Waals surface area contributed by atoms with Crippen LogP contribution < -0.4 is 19.9 Å². The highest BCUT2D eigenvalue weighted by Crippen LogP contribution is 2.64. The Bertz CT molecular complexity index is 955. The molecule has 27 heavy (non-hydrogen) atoms. The van der Waals surface area contributed by atoms with Crippen LogP contribution in [0.2, 0.25) is 0 Å². The van der Waals surface area contributed by atoms with Crippen LogP contribution in [0.15, 0.2) is 36.4 Å². The molecule has 2 aromatic rings. The highest BCUT2D eigenvalue weighted by molar-refractivity contribution is 5.94. The Hall–Kier alpha value is -2.69.